The van der Waals surface area contributed by atoms with Crippen molar-refractivity contribution in [3.8, 4) is 11.5 Å². The summed E-state index contributed by atoms with van der Waals surface area (Å²) >= 11 is 0. The van der Waals surface area contributed by atoms with Gasteiger partial charge in [0.1, 0.15) is 11.6 Å². The Kier molecular flexibility index (Phi) is 5.67. The highest BCUT2D eigenvalue weighted by molar-refractivity contribution is 5.84. The SMILES string of the molecule is COC(=O)[C@@]1(Cc2ccccc2)N[C@@H](c2ccccc2)[C@@H]([N+](=O)[O-])[C@@H]1c1ccc2c(c1)OCO2. The number of hydrogen-bond donors (Lipinski definition) is 1. The molecule has 0 radical (unpaired) electrons. The maximum atomic E-state index is 13.5. The molecular weight excluding hydrogens is 436 g/mol. The summed E-state index contributed by atoms with van der Waals surface area (Å²) in [5.41, 5.74) is 0.816. The lowest BCUT2D eigenvalue weighted by Crippen LogP contribution is -2.54. The van der Waals surface area contributed by atoms with Crippen molar-refractivity contribution in [3.63, 3.8) is 0 Å². The van der Waals surface area contributed by atoms with E-state index in [1.807, 2.05) is 60.7 Å². The number of nitrogens with zero attached hydrogens (tertiary/aromatic N) is 1. The molecule has 8 nitrogen and oxygen atoms in total. The van der Waals surface area contributed by atoms with Crippen LogP contribution in [0.15, 0.2) is 78.9 Å². The number of carbonyl (C=O) groups excluding carboxylic acids is 1. The second-order valence-electron chi connectivity index (χ2n) is 8.52. The van der Waals surface area contributed by atoms with Crippen LogP contribution < -0.4 is 14.8 Å². The third kappa shape index (κ3) is 3.66. The van der Waals surface area contributed by atoms with Crippen molar-refractivity contribution in [2.75, 3.05) is 13.9 Å². The average Bonchev–Trinajstić information content (AvgIpc) is 3.47. The summed E-state index contributed by atoms with van der Waals surface area (Å²) < 4.78 is 16.3. The number of hydrogen-bond acceptors (Lipinski definition) is 7. The van der Waals surface area contributed by atoms with Crippen LogP contribution in [0, 0.1) is 10.1 Å². The van der Waals surface area contributed by atoms with Gasteiger partial charge in [0.15, 0.2) is 11.5 Å². The Bertz CT molecular complexity index is 1200. The molecule has 1 fully saturated rings. The smallest absolute Gasteiger partial charge is 0.327 e. The van der Waals surface area contributed by atoms with E-state index in [9.17, 15) is 14.9 Å². The summed E-state index contributed by atoms with van der Waals surface area (Å²) in [7, 11) is 1.31. The molecule has 0 bridgehead atoms. The van der Waals surface area contributed by atoms with Gasteiger partial charge in [0.2, 0.25) is 12.8 Å². The van der Waals surface area contributed by atoms with E-state index < -0.39 is 29.5 Å². The van der Waals surface area contributed by atoms with Gasteiger partial charge in [-0.1, -0.05) is 66.7 Å². The normalized spacial score (nSPS) is 25.1. The van der Waals surface area contributed by atoms with E-state index in [0.29, 0.717) is 17.1 Å². The fraction of sp³-hybridized carbons (Fsp3) is 0.269. The lowest BCUT2D eigenvalue weighted by molar-refractivity contribution is -0.527. The summed E-state index contributed by atoms with van der Waals surface area (Å²) in [5, 5.41) is 16.0. The van der Waals surface area contributed by atoms with Crippen molar-refractivity contribution in [1.82, 2.24) is 5.32 Å². The van der Waals surface area contributed by atoms with Gasteiger partial charge in [-0.05, 0) is 28.8 Å². The van der Waals surface area contributed by atoms with Gasteiger partial charge < -0.3 is 14.2 Å². The van der Waals surface area contributed by atoms with Crippen molar-refractivity contribution >= 4 is 5.97 Å². The zero-order valence-electron chi connectivity index (χ0n) is 18.5. The third-order valence-electron chi connectivity index (χ3n) is 6.66. The van der Waals surface area contributed by atoms with Gasteiger partial charge in [-0.25, -0.2) is 0 Å². The molecule has 0 aromatic heterocycles. The van der Waals surface area contributed by atoms with Gasteiger partial charge >= 0.3 is 5.97 Å². The number of fused-ring (bicyclic) bond motifs is 1. The summed E-state index contributed by atoms with van der Waals surface area (Å²) in [5.74, 6) is -0.320. The molecule has 2 aliphatic heterocycles. The van der Waals surface area contributed by atoms with Crippen LogP contribution in [0.1, 0.15) is 28.7 Å². The highest BCUT2D eigenvalue weighted by Gasteiger charge is 2.64. The van der Waals surface area contributed by atoms with Crippen LogP contribution in [-0.4, -0.2) is 36.4 Å². The molecule has 4 atom stereocenters. The van der Waals surface area contributed by atoms with Crippen LogP contribution in [0.25, 0.3) is 0 Å². The van der Waals surface area contributed by atoms with E-state index >= 15 is 0 Å². The Balaban J connectivity index is 1.71. The summed E-state index contributed by atoms with van der Waals surface area (Å²) in [6.07, 6.45) is 0.216. The van der Waals surface area contributed by atoms with Crippen LogP contribution in [0.2, 0.25) is 0 Å². The zero-order chi connectivity index (χ0) is 23.7. The van der Waals surface area contributed by atoms with Gasteiger partial charge in [0, 0.05) is 11.3 Å². The lowest BCUT2D eigenvalue weighted by atomic mass is 9.74. The number of ether oxygens (including phenoxy) is 3. The first kappa shape index (κ1) is 21.9. The number of benzene rings is 3. The molecule has 3 aromatic carbocycles. The minimum absolute atomic E-state index is 0.0825. The highest BCUT2D eigenvalue weighted by atomic mass is 16.7. The molecule has 3 aromatic rings. The molecule has 34 heavy (non-hydrogen) atoms. The first-order valence-electron chi connectivity index (χ1n) is 11.0. The number of esters is 1. The predicted molar refractivity (Wildman–Crippen MR) is 123 cm³/mol. The number of carbonyl (C=O) groups is 1. The maximum Gasteiger partial charge on any atom is 0.327 e. The molecule has 2 aliphatic rings. The molecule has 0 spiro atoms. The quantitative estimate of drug-likeness (QED) is 0.341. The fourth-order valence-corrected chi connectivity index (χ4v) is 5.23. The first-order valence-corrected chi connectivity index (χ1v) is 11.0. The van der Waals surface area contributed by atoms with E-state index in [0.717, 1.165) is 11.1 Å². The highest BCUT2D eigenvalue weighted by Crippen LogP contribution is 2.49. The molecule has 5 rings (SSSR count). The Morgan fingerprint density at radius 2 is 1.71 bits per heavy atom. The van der Waals surface area contributed by atoms with Gasteiger partial charge in [-0.2, -0.15) is 0 Å². The van der Waals surface area contributed by atoms with E-state index in [2.05, 4.69) is 5.32 Å². The van der Waals surface area contributed by atoms with Gasteiger partial charge in [-0.3, -0.25) is 20.2 Å². The van der Waals surface area contributed by atoms with Crippen LogP contribution in [-0.2, 0) is 16.0 Å². The van der Waals surface area contributed by atoms with Crippen molar-refractivity contribution in [3.05, 3.63) is 106 Å². The molecule has 0 amide bonds. The van der Waals surface area contributed by atoms with Crippen LogP contribution in [0.3, 0.4) is 0 Å². The monoisotopic (exact) mass is 460 g/mol. The van der Waals surface area contributed by atoms with E-state index in [1.165, 1.54) is 7.11 Å². The van der Waals surface area contributed by atoms with Crippen LogP contribution in [0.5, 0.6) is 11.5 Å². The van der Waals surface area contributed by atoms with Gasteiger partial charge in [0.25, 0.3) is 0 Å². The molecule has 174 valence electrons. The topological polar surface area (TPSA) is 99.9 Å². The molecule has 2 heterocycles. The number of rotatable bonds is 6. The molecule has 0 unspecified atom stereocenters. The number of nitrogens with one attached hydrogen (secondary N) is 1. The predicted octanol–water partition coefficient (Wildman–Crippen LogP) is 3.64. The van der Waals surface area contributed by atoms with E-state index in [-0.39, 0.29) is 18.1 Å². The summed E-state index contributed by atoms with van der Waals surface area (Å²) in [4.78, 5) is 25.9. The molecule has 0 saturated carbocycles. The van der Waals surface area contributed by atoms with Crippen molar-refractivity contribution in [2.45, 2.75) is 30.0 Å². The average molecular weight is 460 g/mol. The largest absolute Gasteiger partial charge is 0.468 e. The second kappa shape index (κ2) is 8.79. The Hall–Kier alpha value is -3.91. The lowest BCUT2D eigenvalue weighted by Gasteiger charge is -2.33. The maximum absolute atomic E-state index is 13.5. The molecular formula is C26H24N2O6. The third-order valence-corrected chi connectivity index (χ3v) is 6.66. The Labute approximate surface area is 196 Å². The minimum atomic E-state index is -1.39. The Morgan fingerprint density at radius 3 is 2.38 bits per heavy atom. The van der Waals surface area contributed by atoms with E-state index in [4.69, 9.17) is 14.2 Å². The summed E-state index contributed by atoms with van der Waals surface area (Å²) in [6.45, 7) is 0.0825. The van der Waals surface area contributed by atoms with Crippen molar-refractivity contribution in [1.29, 1.82) is 0 Å². The molecule has 8 heteroatoms. The number of nitro groups is 1. The van der Waals surface area contributed by atoms with Gasteiger partial charge in [0.05, 0.1) is 13.0 Å². The van der Waals surface area contributed by atoms with Crippen LogP contribution >= 0.6 is 0 Å². The molecule has 0 aliphatic carbocycles. The number of methoxy groups -OCH3 is 1. The minimum Gasteiger partial charge on any atom is -0.468 e. The van der Waals surface area contributed by atoms with Crippen LogP contribution in [0.4, 0.5) is 0 Å². The fourth-order valence-electron chi connectivity index (χ4n) is 5.23. The first-order chi connectivity index (χ1) is 16.5. The van der Waals surface area contributed by atoms with Gasteiger partial charge in [-0.15, -0.1) is 0 Å². The second-order valence-corrected chi connectivity index (χ2v) is 8.52. The van der Waals surface area contributed by atoms with E-state index in [1.54, 1.807) is 18.2 Å². The standard InChI is InChI=1S/C26H24N2O6/c1-32-25(29)26(15-17-8-4-2-5-9-17)22(19-12-13-20-21(14-19)34-16-33-20)24(28(30)31)23(27-26)18-10-6-3-7-11-18/h2-14,22-24,27H,15-16H2,1H3/t22-,23-,24-,26-/m0/s1. The molecule has 1 N–H and O–H groups in total. The molecule has 1 saturated heterocycles. The Morgan fingerprint density at radius 1 is 1.03 bits per heavy atom. The summed E-state index contributed by atoms with van der Waals surface area (Å²) in [6, 6.07) is 22.0. The van der Waals surface area contributed by atoms with Crippen molar-refractivity contribution < 1.29 is 23.9 Å². The van der Waals surface area contributed by atoms with Crippen molar-refractivity contribution in [2.24, 2.45) is 0 Å². The zero-order valence-corrected chi connectivity index (χ0v) is 18.5.